The fourth-order valence-electron chi connectivity index (χ4n) is 10.5. The third-order valence-electron chi connectivity index (χ3n) is 14.1. The molecule has 64 heavy (non-hydrogen) atoms. The lowest BCUT2D eigenvalue weighted by Crippen LogP contribution is -2.23. The van der Waals surface area contributed by atoms with Crippen LogP contribution in [0, 0.1) is 0 Å². The number of hydrogen-bond donors (Lipinski definition) is 2. The zero-order valence-electron chi connectivity index (χ0n) is 39.8. The number of benzene rings is 5. The normalized spacial score (nSPS) is 13.0. The Morgan fingerprint density at radius 3 is 1.05 bits per heavy atom. The Labute approximate surface area is 380 Å². The van der Waals surface area contributed by atoms with Crippen LogP contribution in [0.2, 0.25) is 0 Å². The average Bonchev–Trinajstić information content (AvgIpc) is 3.30. The lowest BCUT2D eigenvalue weighted by atomic mass is 9.85. The smallest absolute Gasteiger partial charge is 0.261 e. The Balaban J connectivity index is 1.48. The summed E-state index contributed by atoms with van der Waals surface area (Å²) in [4.78, 5) is 40.1. The van der Waals surface area contributed by atoms with Gasteiger partial charge in [-0.1, -0.05) is 168 Å². The van der Waals surface area contributed by atoms with Crippen molar-refractivity contribution in [1.29, 1.82) is 0 Å². The second-order valence-corrected chi connectivity index (χ2v) is 18.9. The summed E-state index contributed by atoms with van der Waals surface area (Å²) >= 11 is 0. The summed E-state index contributed by atoms with van der Waals surface area (Å²) in [6.07, 6.45) is 26.9. The molecule has 2 heterocycles. The Morgan fingerprint density at radius 1 is 0.375 bits per heavy atom. The van der Waals surface area contributed by atoms with Crippen LogP contribution in [0.15, 0.2) is 56.0 Å². The standard InChI is InChI=1S/C56H76N4O4/c1-5-9-13-17-21-25-33-57-45-37-43-47-41(53(61)59(55(43)63)35-27-23-19-15-11-7-3)32-30-40-50-46(58-34-26-22-18-14-10-6-2)38-44-48-42(31-29-39(52(48)50)49(45)51(40)47)54(62)60(56(44)64)36-28-24-20-16-12-8-4/h29-32,37-38,61-62H,5-28,33-36H2,1-4H3. The number of aromatic nitrogens is 2. The lowest BCUT2D eigenvalue weighted by molar-refractivity contribution is 0.406. The molecule has 0 atom stereocenters. The third-order valence-corrected chi connectivity index (χ3v) is 14.1. The molecule has 0 saturated heterocycles. The zero-order valence-corrected chi connectivity index (χ0v) is 39.8. The monoisotopic (exact) mass is 869 g/mol. The predicted octanol–water partition coefficient (Wildman–Crippen LogP) is 13.9. The van der Waals surface area contributed by atoms with Crippen LogP contribution in [-0.2, 0) is 13.1 Å². The van der Waals surface area contributed by atoms with Crippen molar-refractivity contribution in [2.45, 2.75) is 195 Å². The van der Waals surface area contributed by atoms with Crippen LogP contribution in [0.1, 0.15) is 182 Å². The topological polar surface area (TPSA) is 109 Å². The van der Waals surface area contributed by atoms with Crippen LogP contribution in [0.3, 0.4) is 0 Å². The number of nitrogens with zero attached hydrogens (tertiary/aromatic N) is 4. The Kier molecular flexibility index (Phi) is 16.9. The molecule has 8 heteroatoms. The van der Waals surface area contributed by atoms with Gasteiger partial charge in [0.2, 0.25) is 11.8 Å². The summed E-state index contributed by atoms with van der Waals surface area (Å²) in [7, 11) is 0. The third kappa shape index (κ3) is 9.91. The van der Waals surface area contributed by atoms with Gasteiger partial charge in [-0.25, -0.2) is 0 Å². The lowest BCUT2D eigenvalue weighted by Gasteiger charge is -2.21. The molecule has 0 amide bonds. The van der Waals surface area contributed by atoms with Crippen LogP contribution in [0.25, 0.3) is 64.6 Å². The molecule has 0 spiro atoms. The highest BCUT2D eigenvalue weighted by Crippen LogP contribution is 2.44. The maximum Gasteiger partial charge on any atom is 0.261 e. The molecule has 0 radical (unpaired) electrons. The summed E-state index contributed by atoms with van der Waals surface area (Å²) in [6, 6.07) is 12.1. The van der Waals surface area contributed by atoms with Gasteiger partial charge in [-0.3, -0.25) is 28.7 Å². The minimum absolute atomic E-state index is 0.0138. The quantitative estimate of drug-likeness (QED) is 0.0290. The van der Waals surface area contributed by atoms with Crippen LogP contribution >= 0.6 is 0 Å². The maximum absolute atomic E-state index is 14.7. The Hall–Kier alpha value is -4.72. The number of aromatic hydroxyl groups is 2. The van der Waals surface area contributed by atoms with E-state index in [2.05, 4.69) is 39.8 Å². The molecule has 0 aliphatic rings. The van der Waals surface area contributed by atoms with E-state index in [0.29, 0.717) is 47.7 Å². The van der Waals surface area contributed by atoms with Crippen molar-refractivity contribution in [3.8, 4) is 11.8 Å². The first-order chi connectivity index (χ1) is 31.4. The molecule has 8 nitrogen and oxygen atoms in total. The van der Waals surface area contributed by atoms with E-state index in [-0.39, 0.29) is 22.9 Å². The Bertz CT molecular complexity index is 2680. The van der Waals surface area contributed by atoms with E-state index in [4.69, 9.17) is 9.98 Å². The molecular formula is C56H76N4O4. The van der Waals surface area contributed by atoms with E-state index in [1.807, 2.05) is 24.3 Å². The molecule has 0 bridgehead atoms. The highest BCUT2D eigenvalue weighted by atomic mass is 16.3. The molecule has 0 aliphatic heterocycles. The second kappa shape index (κ2) is 22.9. The van der Waals surface area contributed by atoms with E-state index >= 15 is 0 Å². The summed E-state index contributed by atoms with van der Waals surface area (Å²) in [5.74, 6) is 0.0276. The van der Waals surface area contributed by atoms with Gasteiger partial charge in [-0.05, 0) is 60.7 Å². The molecule has 0 saturated carbocycles. The highest BCUT2D eigenvalue weighted by molar-refractivity contribution is 6.39. The molecular weight excluding hydrogens is 793 g/mol. The number of pyridine rings is 2. The first-order valence-corrected chi connectivity index (χ1v) is 25.8. The van der Waals surface area contributed by atoms with Crippen molar-refractivity contribution in [1.82, 2.24) is 9.13 Å². The van der Waals surface area contributed by atoms with Gasteiger partial charge in [-0.15, -0.1) is 0 Å². The summed E-state index contributed by atoms with van der Waals surface area (Å²) < 4.78 is 3.17. The van der Waals surface area contributed by atoms with Gasteiger partial charge in [0, 0.05) is 69.3 Å². The van der Waals surface area contributed by atoms with Gasteiger partial charge >= 0.3 is 0 Å². The first-order valence-electron chi connectivity index (χ1n) is 25.8. The molecule has 344 valence electrons. The zero-order chi connectivity index (χ0) is 45.0. The van der Waals surface area contributed by atoms with Crippen molar-refractivity contribution in [3.05, 3.63) is 67.8 Å². The average molecular weight is 869 g/mol. The van der Waals surface area contributed by atoms with Crippen LogP contribution < -0.4 is 21.8 Å². The highest BCUT2D eigenvalue weighted by Gasteiger charge is 2.26. The summed E-state index contributed by atoms with van der Waals surface area (Å²) in [5, 5.41) is 35.0. The molecule has 2 aromatic heterocycles. The number of unbranched alkanes of at least 4 members (excludes halogenated alkanes) is 20. The van der Waals surface area contributed by atoms with E-state index in [1.54, 1.807) is 9.13 Å². The number of rotatable bonds is 28. The van der Waals surface area contributed by atoms with E-state index in [9.17, 15) is 19.8 Å². The van der Waals surface area contributed by atoms with E-state index in [0.717, 1.165) is 118 Å². The van der Waals surface area contributed by atoms with Crippen molar-refractivity contribution in [2.75, 3.05) is 13.1 Å². The first kappa shape index (κ1) is 47.2. The van der Waals surface area contributed by atoms with Gasteiger partial charge in [-0.2, -0.15) is 0 Å². The van der Waals surface area contributed by atoms with Gasteiger partial charge in [0.05, 0.1) is 21.5 Å². The maximum atomic E-state index is 14.7. The molecule has 7 rings (SSSR count). The molecule has 2 N–H and O–H groups in total. The van der Waals surface area contributed by atoms with Crippen LogP contribution in [0.5, 0.6) is 11.8 Å². The molecule has 0 aliphatic carbocycles. The van der Waals surface area contributed by atoms with Gasteiger partial charge in [0.15, 0.2) is 0 Å². The van der Waals surface area contributed by atoms with Gasteiger partial charge in [0.1, 0.15) is 0 Å². The largest absolute Gasteiger partial charge is 0.494 e. The predicted molar refractivity (Wildman–Crippen MR) is 271 cm³/mol. The molecule has 0 unspecified atom stereocenters. The van der Waals surface area contributed by atoms with Crippen LogP contribution in [0.4, 0.5) is 0 Å². The Morgan fingerprint density at radius 2 is 0.688 bits per heavy atom. The van der Waals surface area contributed by atoms with Crippen molar-refractivity contribution in [3.63, 3.8) is 0 Å². The fraction of sp³-hybridized carbons (Fsp3) is 0.571. The SMILES string of the molecule is CCCCCCCCN=c1cc2c(=O)n(CCCCCCCC)c(O)c3ccc4c5c(=NCCCCCCCC)cc6c(=O)n(CCCCCCCC)c(O)c7ccc(c1c4c32)c5c76. The summed E-state index contributed by atoms with van der Waals surface area (Å²) in [6.45, 7) is 11.1. The second-order valence-electron chi connectivity index (χ2n) is 18.9. The van der Waals surface area contributed by atoms with Crippen molar-refractivity contribution < 1.29 is 10.2 Å². The van der Waals surface area contributed by atoms with Gasteiger partial charge in [0.25, 0.3) is 11.1 Å². The van der Waals surface area contributed by atoms with Crippen molar-refractivity contribution >= 4 is 64.6 Å². The number of fused-ring (bicyclic) bond motifs is 2. The molecule has 7 aromatic rings. The summed E-state index contributed by atoms with van der Waals surface area (Å²) in [5.41, 5.74) is -0.365. The molecule has 5 aromatic carbocycles. The minimum atomic E-state index is -0.183. The van der Waals surface area contributed by atoms with E-state index < -0.39 is 0 Å². The van der Waals surface area contributed by atoms with Gasteiger partial charge < -0.3 is 10.2 Å². The number of hydrogen-bond acceptors (Lipinski definition) is 6. The molecule has 0 fully saturated rings. The fourth-order valence-corrected chi connectivity index (χ4v) is 10.5. The minimum Gasteiger partial charge on any atom is -0.494 e. The van der Waals surface area contributed by atoms with E-state index in [1.165, 1.54) is 89.9 Å². The van der Waals surface area contributed by atoms with Crippen LogP contribution in [-0.4, -0.2) is 32.4 Å². The van der Waals surface area contributed by atoms with Crippen molar-refractivity contribution in [2.24, 2.45) is 9.98 Å².